The van der Waals surface area contributed by atoms with E-state index in [-0.39, 0.29) is 6.04 Å². The van der Waals surface area contributed by atoms with E-state index in [0.29, 0.717) is 0 Å². The number of halogens is 1. The minimum Gasteiger partial charge on any atom is -0.362 e. The topological polar surface area (TPSA) is 55.6 Å². The molecule has 6 heteroatoms. The van der Waals surface area contributed by atoms with Gasteiger partial charge in [-0.1, -0.05) is 22.0 Å². The lowest BCUT2D eigenvalue weighted by atomic mass is 10.1. The maximum absolute atomic E-state index is 4.69. The zero-order valence-electron chi connectivity index (χ0n) is 13.6. The molecular formula is C18H18BrN5. The standard InChI is InChI=1S/C18H18BrN5/c1-11-7-12(2)24(23-11)18-10-20-9-17(22-18)21-16-6-3-13-8-14(19)4-5-15(13)16/h4-5,7-10,16H,3,6H2,1-2H3,(H,21,22). The van der Waals surface area contributed by atoms with Crippen LogP contribution in [0.25, 0.3) is 5.82 Å². The van der Waals surface area contributed by atoms with Gasteiger partial charge in [0.2, 0.25) is 0 Å². The van der Waals surface area contributed by atoms with Crippen LogP contribution in [0.15, 0.2) is 41.1 Å². The van der Waals surface area contributed by atoms with Crippen molar-refractivity contribution in [2.24, 2.45) is 0 Å². The summed E-state index contributed by atoms with van der Waals surface area (Å²) < 4.78 is 2.96. The SMILES string of the molecule is Cc1cc(C)n(-c2cncc(NC3CCc4cc(Br)ccc43)n2)n1. The summed E-state index contributed by atoms with van der Waals surface area (Å²) in [5.41, 5.74) is 4.76. The number of rotatable bonds is 3. The lowest BCUT2D eigenvalue weighted by Crippen LogP contribution is -2.11. The number of nitrogens with one attached hydrogen (secondary N) is 1. The first-order chi connectivity index (χ1) is 11.6. The van der Waals surface area contributed by atoms with Crippen molar-refractivity contribution in [1.82, 2.24) is 19.7 Å². The molecule has 5 nitrogen and oxygen atoms in total. The number of hydrogen-bond donors (Lipinski definition) is 1. The van der Waals surface area contributed by atoms with Crippen LogP contribution in [0.4, 0.5) is 5.82 Å². The molecule has 3 aromatic rings. The molecule has 1 aliphatic carbocycles. The third kappa shape index (κ3) is 2.82. The molecule has 0 amide bonds. The maximum atomic E-state index is 4.69. The fourth-order valence-electron chi connectivity index (χ4n) is 3.30. The molecule has 1 unspecified atom stereocenters. The predicted octanol–water partition coefficient (Wildman–Crippen LogP) is 4.14. The smallest absolute Gasteiger partial charge is 0.174 e. The molecule has 2 aromatic heterocycles. The van der Waals surface area contributed by atoms with Crippen LogP contribution in [0.3, 0.4) is 0 Å². The van der Waals surface area contributed by atoms with Gasteiger partial charge < -0.3 is 5.32 Å². The second-order valence-corrected chi connectivity index (χ2v) is 7.10. The Morgan fingerprint density at radius 2 is 2.08 bits per heavy atom. The van der Waals surface area contributed by atoms with Gasteiger partial charge in [0.1, 0.15) is 5.82 Å². The number of fused-ring (bicyclic) bond motifs is 1. The van der Waals surface area contributed by atoms with Gasteiger partial charge >= 0.3 is 0 Å². The Morgan fingerprint density at radius 1 is 1.21 bits per heavy atom. The van der Waals surface area contributed by atoms with Crippen molar-refractivity contribution < 1.29 is 0 Å². The minimum absolute atomic E-state index is 0.276. The third-order valence-electron chi connectivity index (χ3n) is 4.35. The molecule has 1 aromatic carbocycles. The van der Waals surface area contributed by atoms with Gasteiger partial charge in [-0.05, 0) is 56.0 Å². The highest BCUT2D eigenvalue weighted by molar-refractivity contribution is 9.10. The molecule has 0 aliphatic heterocycles. The summed E-state index contributed by atoms with van der Waals surface area (Å²) in [6.07, 6.45) is 5.66. The highest BCUT2D eigenvalue weighted by atomic mass is 79.9. The number of aromatic nitrogens is 4. The van der Waals surface area contributed by atoms with E-state index in [2.05, 4.69) is 54.5 Å². The Kier molecular flexibility index (Phi) is 3.84. The quantitative estimate of drug-likeness (QED) is 0.738. The molecule has 0 bridgehead atoms. The Balaban J connectivity index is 1.61. The zero-order valence-corrected chi connectivity index (χ0v) is 15.2. The minimum atomic E-state index is 0.276. The summed E-state index contributed by atoms with van der Waals surface area (Å²) in [5, 5.41) is 8.00. The summed E-state index contributed by atoms with van der Waals surface area (Å²) in [5.74, 6) is 1.51. The Hall–Kier alpha value is -2.21. The van der Waals surface area contributed by atoms with Crippen molar-refractivity contribution in [2.75, 3.05) is 5.32 Å². The van der Waals surface area contributed by atoms with Crippen molar-refractivity contribution in [3.05, 3.63) is 63.6 Å². The van der Waals surface area contributed by atoms with E-state index >= 15 is 0 Å². The molecule has 0 radical (unpaired) electrons. The second kappa shape index (κ2) is 6.02. The van der Waals surface area contributed by atoms with Gasteiger partial charge in [0.15, 0.2) is 5.82 Å². The van der Waals surface area contributed by atoms with Crippen LogP contribution < -0.4 is 5.32 Å². The summed E-state index contributed by atoms with van der Waals surface area (Å²) in [7, 11) is 0. The zero-order chi connectivity index (χ0) is 16.7. The van der Waals surface area contributed by atoms with Crippen molar-refractivity contribution in [3.8, 4) is 5.82 Å². The van der Waals surface area contributed by atoms with Crippen LogP contribution in [-0.4, -0.2) is 19.7 Å². The van der Waals surface area contributed by atoms with Crippen LogP contribution in [0, 0.1) is 13.8 Å². The second-order valence-electron chi connectivity index (χ2n) is 6.18. The van der Waals surface area contributed by atoms with Crippen molar-refractivity contribution in [2.45, 2.75) is 32.7 Å². The number of aryl methyl sites for hydroxylation is 3. The van der Waals surface area contributed by atoms with E-state index in [1.807, 2.05) is 24.6 Å². The van der Waals surface area contributed by atoms with E-state index in [0.717, 1.165) is 40.3 Å². The van der Waals surface area contributed by atoms with Crippen LogP contribution >= 0.6 is 15.9 Å². The van der Waals surface area contributed by atoms with Gasteiger partial charge in [0.05, 0.1) is 24.1 Å². The van der Waals surface area contributed by atoms with Crippen LogP contribution in [0.2, 0.25) is 0 Å². The molecule has 0 spiro atoms. The number of hydrogen-bond acceptors (Lipinski definition) is 4. The molecule has 4 rings (SSSR count). The van der Waals surface area contributed by atoms with Gasteiger partial charge in [-0.3, -0.25) is 4.98 Å². The summed E-state index contributed by atoms with van der Waals surface area (Å²) in [6.45, 7) is 4.00. The third-order valence-corrected chi connectivity index (χ3v) is 4.85. The summed E-state index contributed by atoms with van der Waals surface area (Å²) >= 11 is 3.54. The van der Waals surface area contributed by atoms with Crippen LogP contribution in [0.1, 0.15) is 35.0 Å². The first kappa shape index (κ1) is 15.3. The lowest BCUT2D eigenvalue weighted by Gasteiger charge is -2.15. The van der Waals surface area contributed by atoms with E-state index < -0.39 is 0 Å². The molecule has 1 aliphatic rings. The fraction of sp³-hybridized carbons (Fsp3) is 0.278. The summed E-state index contributed by atoms with van der Waals surface area (Å²) in [6, 6.07) is 8.79. The molecule has 2 heterocycles. The van der Waals surface area contributed by atoms with Gasteiger partial charge in [0, 0.05) is 10.2 Å². The highest BCUT2D eigenvalue weighted by Crippen LogP contribution is 2.35. The number of benzene rings is 1. The predicted molar refractivity (Wildman–Crippen MR) is 97.5 cm³/mol. The molecular weight excluding hydrogens is 366 g/mol. The Morgan fingerprint density at radius 3 is 2.88 bits per heavy atom. The van der Waals surface area contributed by atoms with E-state index in [1.165, 1.54) is 11.1 Å². The molecule has 24 heavy (non-hydrogen) atoms. The average molecular weight is 384 g/mol. The molecule has 0 fully saturated rings. The molecule has 1 atom stereocenters. The van der Waals surface area contributed by atoms with Gasteiger partial charge in [-0.15, -0.1) is 0 Å². The normalized spacial score (nSPS) is 16.2. The maximum Gasteiger partial charge on any atom is 0.174 e. The molecule has 1 N–H and O–H groups in total. The first-order valence-corrected chi connectivity index (χ1v) is 8.80. The van der Waals surface area contributed by atoms with Gasteiger partial charge in [-0.2, -0.15) is 5.10 Å². The fourth-order valence-corrected chi connectivity index (χ4v) is 3.71. The Labute approximate surface area is 149 Å². The van der Waals surface area contributed by atoms with Crippen molar-refractivity contribution in [3.63, 3.8) is 0 Å². The van der Waals surface area contributed by atoms with Gasteiger partial charge in [-0.25, -0.2) is 9.67 Å². The van der Waals surface area contributed by atoms with Crippen LogP contribution in [0.5, 0.6) is 0 Å². The summed E-state index contributed by atoms with van der Waals surface area (Å²) in [4.78, 5) is 9.02. The lowest BCUT2D eigenvalue weighted by molar-refractivity contribution is 0.749. The van der Waals surface area contributed by atoms with Crippen molar-refractivity contribution >= 4 is 21.7 Å². The molecule has 122 valence electrons. The van der Waals surface area contributed by atoms with Crippen LogP contribution in [-0.2, 0) is 6.42 Å². The van der Waals surface area contributed by atoms with Crippen molar-refractivity contribution in [1.29, 1.82) is 0 Å². The molecule has 0 saturated heterocycles. The first-order valence-electron chi connectivity index (χ1n) is 8.01. The average Bonchev–Trinajstić information content (AvgIpc) is 3.10. The van der Waals surface area contributed by atoms with E-state index in [4.69, 9.17) is 0 Å². The molecule has 0 saturated carbocycles. The van der Waals surface area contributed by atoms with E-state index in [1.54, 1.807) is 12.4 Å². The number of anilines is 1. The highest BCUT2D eigenvalue weighted by Gasteiger charge is 2.23. The largest absolute Gasteiger partial charge is 0.362 e. The number of nitrogens with zero attached hydrogens (tertiary/aromatic N) is 4. The monoisotopic (exact) mass is 383 g/mol. The Bertz CT molecular complexity index is 902. The van der Waals surface area contributed by atoms with Gasteiger partial charge in [0.25, 0.3) is 0 Å². The van der Waals surface area contributed by atoms with E-state index in [9.17, 15) is 0 Å².